The molecule has 30 heavy (non-hydrogen) atoms. The monoisotopic (exact) mass is 433 g/mol. The molecule has 164 valence electrons. The Morgan fingerprint density at radius 1 is 1.03 bits per heavy atom. The van der Waals surface area contributed by atoms with Gasteiger partial charge >= 0.3 is 0 Å². The minimum Gasteiger partial charge on any atom is -0.336 e. The lowest BCUT2D eigenvalue weighted by Crippen LogP contribution is -2.49. The van der Waals surface area contributed by atoms with E-state index in [4.69, 9.17) is 0 Å². The van der Waals surface area contributed by atoms with Crippen LogP contribution in [-0.4, -0.2) is 83.8 Å². The average Bonchev–Trinajstić information content (AvgIpc) is 3.17. The lowest BCUT2D eigenvalue weighted by Gasteiger charge is -2.34. The summed E-state index contributed by atoms with van der Waals surface area (Å²) in [6, 6.07) is 6.30. The molecular weight excluding hydrogens is 402 g/mol. The van der Waals surface area contributed by atoms with Crippen LogP contribution in [0.15, 0.2) is 41.6 Å². The SMILES string of the molecule is CCN(CC)S(=O)(=O)c1ccc(C(=O)N2CCN(CCn3ccnc3C)CC2)cc1. The summed E-state index contributed by atoms with van der Waals surface area (Å²) in [4.78, 5) is 21.5. The zero-order chi connectivity index (χ0) is 21.7. The lowest BCUT2D eigenvalue weighted by molar-refractivity contribution is 0.0633. The van der Waals surface area contributed by atoms with Crippen molar-refractivity contribution in [3.05, 3.63) is 48.0 Å². The number of hydrogen-bond donors (Lipinski definition) is 0. The Balaban J connectivity index is 1.55. The number of imidazole rings is 1. The third-order valence-corrected chi connectivity index (χ3v) is 7.75. The number of sulfonamides is 1. The van der Waals surface area contributed by atoms with Crippen molar-refractivity contribution >= 4 is 15.9 Å². The fraction of sp³-hybridized carbons (Fsp3) is 0.524. The average molecular weight is 434 g/mol. The van der Waals surface area contributed by atoms with E-state index < -0.39 is 10.0 Å². The maximum Gasteiger partial charge on any atom is 0.253 e. The van der Waals surface area contributed by atoms with Crippen LogP contribution in [0.25, 0.3) is 0 Å². The fourth-order valence-corrected chi connectivity index (χ4v) is 5.19. The number of hydrogen-bond acceptors (Lipinski definition) is 5. The van der Waals surface area contributed by atoms with Crippen molar-refractivity contribution in [1.82, 2.24) is 23.7 Å². The third kappa shape index (κ3) is 4.91. The number of aromatic nitrogens is 2. The molecule has 0 unspecified atom stereocenters. The van der Waals surface area contributed by atoms with E-state index in [1.807, 2.05) is 38.1 Å². The number of rotatable bonds is 8. The summed E-state index contributed by atoms with van der Waals surface area (Å²) >= 11 is 0. The van der Waals surface area contributed by atoms with Gasteiger partial charge in [0.25, 0.3) is 5.91 Å². The van der Waals surface area contributed by atoms with Crippen molar-refractivity contribution in [3.8, 4) is 0 Å². The first kappa shape index (κ1) is 22.5. The Morgan fingerprint density at radius 3 is 2.20 bits per heavy atom. The summed E-state index contributed by atoms with van der Waals surface area (Å²) in [5, 5.41) is 0. The summed E-state index contributed by atoms with van der Waals surface area (Å²) in [7, 11) is -3.51. The van der Waals surface area contributed by atoms with Crippen molar-refractivity contribution in [2.75, 3.05) is 45.8 Å². The van der Waals surface area contributed by atoms with E-state index in [0.29, 0.717) is 31.7 Å². The molecule has 1 aliphatic heterocycles. The normalized spacial score (nSPS) is 15.7. The predicted molar refractivity (Wildman–Crippen MR) is 116 cm³/mol. The van der Waals surface area contributed by atoms with Crippen LogP contribution < -0.4 is 0 Å². The Hall–Kier alpha value is -2.23. The van der Waals surface area contributed by atoms with Gasteiger partial charge < -0.3 is 9.47 Å². The molecule has 0 atom stereocenters. The summed E-state index contributed by atoms with van der Waals surface area (Å²) in [5.74, 6) is 0.960. The Bertz CT molecular complexity index is 943. The summed E-state index contributed by atoms with van der Waals surface area (Å²) in [6.07, 6.45) is 3.80. The first-order valence-electron chi connectivity index (χ1n) is 10.5. The highest BCUT2D eigenvalue weighted by atomic mass is 32.2. The van der Waals surface area contributed by atoms with Gasteiger partial charge in [-0.2, -0.15) is 4.31 Å². The molecule has 1 aromatic carbocycles. The number of nitrogens with zero attached hydrogens (tertiary/aromatic N) is 5. The minimum atomic E-state index is -3.51. The number of aryl methyl sites for hydroxylation is 1. The highest BCUT2D eigenvalue weighted by Crippen LogP contribution is 2.17. The van der Waals surface area contributed by atoms with Gasteiger partial charge in [-0.3, -0.25) is 9.69 Å². The van der Waals surface area contributed by atoms with Crippen molar-refractivity contribution in [2.45, 2.75) is 32.2 Å². The van der Waals surface area contributed by atoms with E-state index in [9.17, 15) is 13.2 Å². The van der Waals surface area contributed by atoms with Crippen LogP contribution in [0.2, 0.25) is 0 Å². The third-order valence-electron chi connectivity index (χ3n) is 5.68. The maximum atomic E-state index is 12.8. The zero-order valence-electron chi connectivity index (χ0n) is 18.0. The molecule has 9 heteroatoms. The molecule has 0 aliphatic carbocycles. The smallest absolute Gasteiger partial charge is 0.253 e. The summed E-state index contributed by atoms with van der Waals surface area (Å²) < 4.78 is 28.7. The minimum absolute atomic E-state index is 0.0492. The summed E-state index contributed by atoms with van der Waals surface area (Å²) in [5.41, 5.74) is 0.524. The molecule has 0 saturated carbocycles. The van der Waals surface area contributed by atoms with Crippen molar-refractivity contribution in [3.63, 3.8) is 0 Å². The van der Waals surface area contributed by atoms with Gasteiger partial charge in [0.2, 0.25) is 10.0 Å². The van der Waals surface area contributed by atoms with Crippen molar-refractivity contribution in [1.29, 1.82) is 0 Å². The lowest BCUT2D eigenvalue weighted by atomic mass is 10.2. The van der Waals surface area contributed by atoms with E-state index in [1.54, 1.807) is 12.1 Å². The Kier molecular flexibility index (Phi) is 7.27. The second kappa shape index (κ2) is 9.72. The van der Waals surface area contributed by atoms with E-state index in [0.717, 1.165) is 32.0 Å². The zero-order valence-corrected chi connectivity index (χ0v) is 18.8. The number of amides is 1. The molecule has 0 spiro atoms. The molecule has 0 bridgehead atoms. The predicted octanol–water partition coefficient (Wildman–Crippen LogP) is 1.68. The largest absolute Gasteiger partial charge is 0.336 e. The molecule has 3 rings (SSSR count). The Morgan fingerprint density at radius 2 is 1.67 bits per heavy atom. The second-order valence-electron chi connectivity index (χ2n) is 7.42. The van der Waals surface area contributed by atoms with Gasteiger partial charge in [-0.05, 0) is 31.2 Å². The van der Waals surface area contributed by atoms with E-state index in [2.05, 4.69) is 14.5 Å². The first-order chi connectivity index (χ1) is 14.4. The van der Waals surface area contributed by atoms with Gasteiger partial charge in [0.1, 0.15) is 5.82 Å². The topological polar surface area (TPSA) is 78.8 Å². The van der Waals surface area contributed by atoms with Gasteiger partial charge in [-0.25, -0.2) is 13.4 Å². The molecule has 1 fully saturated rings. The van der Waals surface area contributed by atoms with Gasteiger partial charge in [0.05, 0.1) is 4.90 Å². The number of benzene rings is 1. The van der Waals surface area contributed by atoms with Crippen molar-refractivity contribution in [2.24, 2.45) is 0 Å². The number of piperazine rings is 1. The highest BCUT2D eigenvalue weighted by molar-refractivity contribution is 7.89. The quantitative estimate of drug-likeness (QED) is 0.633. The highest BCUT2D eigenvalue weighted by Gasteiger charge is 2.24. The van der Waals surface area contributed by atoms with Gasteiger partial charge in [-0.1, -0.05) is 13.8 Å². The second-order valence-corrected chi connectivity index (χ2v) is 9.35. The molecule has 0 N–H and O–H groups in total. The van der Waals surface area contributed by atoms with Crippen LogP contribution in [-0.2, 0) is 16.6 Å². The molecule has 1 saturated heterocycles. The molecule has 2 aromatic rings. The fourth-order valence-electron chi connectivity index (χ4n) is 3.73. The van der Waals surface area contributed by atoms with Gasteiger partial charge in [-0.15, -0.1) is 0 Å². The molecule has 1 aliphatic rings. The van der Waals surface area contributed by atoms with E-state index >= 15 is 0 Å². The maximum absolute atomic E-state index is 12.8. The summed E-state index contributed by atoms with van der Waals surface area (Å²) in [6.45, 7) is 11.3. The van der Waals surface area contributed by atoms with Crippen LogP contribution in [0.3, 0.4) is 0 Å². The van der Waals surface area contributed by atoms with Crippen LogP contribution in [0.1, 0.15) is 30.0 Å². The standard InChI is InChI=1S/C21H31N5O3S/c1-4-26(5-2)30(28,29)20-8-6-19(7-9-20)21(27)25-16-13-23(14-17-25)12-15-24-11-10-22-18(24)3/h6-11H,4-5,12-17H2,1-3H3. The molecule has 8 nitrogen and oxygen atoms in total. The van der Waals surface area contributed by atoms with Gasteiger partial charge in [0, 0.05) is 70.3 Å². The van der Waals surface area contributed by atoms with Crippen LogP contribution in [0, 0.1) is 6.92 Å². The molecule has 1 aromatic heterocycles. The first-order valence-corrected chi connectivity index (χ1v) is 11.9. The molecule has 1 amide bonds. The molecular formula is C21H31N5O3S. The molecule has 0 radical (unpaired) electrons. The van der Waals surface area contributed by atoms with E-state index in [1.165, 1.54) is 16.4 Å². The molecule has 2 heterocycles. The van der Waals surface area contributed by atoms with Crippen LogP contribution in [0.5, 0.6) is 0 Å². The number of carbonyl (C=O) groups excluding carboxylic acids is 1. The van der Waals surface area contributed by atoms with E-state index in [-0.39, 0.29) is 10.8 Å². The van der Waals surface area contributed by atoms with Crippen LogP contribution >= 0.6 is 0 Å². The number of carbonyl (C=O) groups is 1. The van der Waals surface area contributed by atoms with Crippen LogP contribution in [0.4, 0.5) is 0 Å². The van der Waals surface area contributed by atoms with Gasteiger partial charge in [0.15, 0.2) is 0 Å². The Labute approximate surface area is 179 Å². The van der Waals surface area contributed by atoms with Crippen molar-refractivity contribution < 1.29 is 13.2 Å².